The molecule has 0 aromatic heterocycles. The van der Waals surface area contributed by atoms with E-state index < -0.39 is 17.5 Å². The minimum atomic E-state index is -0.820. The number of nitrogens with one attached hydrogen (secondary N) is 2. The van der Waals surface area contributed by atoms with Crippen molar-refractivity contribution in [3.63, 3.8) is 0 Å². The van der Waals surface area contributed by atoms with Crippen LogP contribution in [-0.2, 0) is 9.59 Å². The van der Waals surface area contributed by atoms with E-state index in [2.05, 4.69) is 17.6 Å². The van der Waals surface area contributed by atoms with Gasteiger partial charge in [-0.25, -0.2) is 4.79 Å². The molecular weight excluding hydrogens is 330 g/mol. The molecule has 2 N–H and O–H groups in total. The maximum Gasteiger partial charge on any atom is 0.325 e. The summed E-state index contributed by atoms with van der Waals surface area (Å²) in [4.78, 5) is 38.0. The number of halogens is 1. The van der Waals surface area contributed by atoms with Crippen LogP contribution in [0.25, 0.3) is 0 Å². The van der Waals surface area contributed by atoms with Gasteiger partial charge in [0.05, 0.1) is 0 Å². The third kappa shape index (κ3) is 3.24. The molecule has 7 heteroatoms. The lowest BCUT2D eigenvalue weighted by atomic mass is 9.77. The number of hydrogen-bond donors (Lipinski definition) is 2. The summed E-state index contributed by atoms with van der Waals surface area (Å²) in [7, 11) is 0. The number of nitrogens with zero attached hydrogens (tertiary/aromatic N) is 1. The van der Waals surface area contributed by atoms with Crippen LogP contribution in [0.1, 0.15) is 32.6 Å². The Morgan fingerprint density at radius 3 is 2.75 bits per heavy atom. The highest BCUT2D eigenvalue weighted by Gasteiger charge is 2.52. The van der Waals surface area contributed by atoms with Gasteiger partial charge in [0.15, 0.2) is 0 Å². The molecule has 1 saturated heterocycles. The number of carbonyl (C=O) groups excluding carboxylic acids is 3. The molecule has 6 nitrogen and oxygen atoms in total. The van der Waals surface area contributed by atoms with Crippen molar-refractivity contribution >= 4 is 35.1 Å². The number of carbonyl (C=O) groups is 3. The van der Waals surface area contributed by atoms with Crippen molar-refractivity contribution in [1.29, 1.82) is 0 Å². The predicted molar refractivity (Wildman–Crippen MR) is 90.7 cm³/mol. The monoisotopic (exact) mass is 349 g/mol. The minimum absolute atomic E-state index is 0.291. The van der Waals surface area contributed by atoms with Gasteiger partial charge in [0.1, 0.15) is 12.1 Å². The van der Waals surface area contributed by atoms with Gasteiger partial charge in [0, 0.05) is 10.7 Å². The number of imide groups is 1. The number of hydrogen-bond acceptors (Lipinski definition) is 3. The topological polar surface area (TPSA) is 78.5 Å². The summed E-state index contributed by atoms with van der Waals surface area (Å²) in [5.41, 5.74) is -0.291. The standard InChI is InChI=1S/C17H20ClN3O3/c1-11-5-7-17(8-6-11)15(23)21(16(24)20-17)10-14(22)19-13-4-2-3-12(18)9-13/h2-4,9,11H,5-8,10H2,1H3,(H,19,22)(H,20,24). The molecular formula is C17H20ClN3O3. The second kappa shape index (κ2) is 6.43. The van der Waals surface area contributed by atoms with Gasteiger partial charge in [-0.2, -0.15) is 0 Å². The van der Waals surface area contributed by atoms with Gasteiger partial charge in [0.2, 0.25) is 5.91 Å². The Bertz CT molecular complexity index is 683. The summed E-state index contributed by atoms with van der Waals surface area (Å²) in [5, 5.41) is 5.95. The maximum atomic E-state index is 12.7. The van der Waals surface area contributed by atoms with Crippen molar-refractivity contribution < 1.29 is 14.4 Å². The predicted octanol–water partition coefficient (Wildman–Crippen LogP) is 2.78. The van der Waals surface area contributed by atoms with Crippen molar-refractivity contribution in [3.05, 3.63) is 29.3 Å². The van der Waals surface area contributed by atoms with Crippen molar-refractivity contribution in [2.75, 3.05) is 11.9 Å². The van der Waals surface area contributed by atoms with Crippen LogP contribution in [0.15, 0.2) is 24.3 Å². The van der Waals surface area contributed by atoms with Crippen LogP contribution in [0.4, 0.5) is 10.5 Å². The van der Waals surface area contributed by atoms with Crippen molar-refractivity contribution in [3.8, 4) is 0 Å². The van der Waals surface area contributed by atoms with Crippen LogP contribution in [-0.4, -0.2) is 34.8 Å². The lowest BCUT2D eigenvalue weighted by molar-refractivity contribution is -0.135. The van der Waals surface area contributed by atoms with Gasteiger partial charge in [-0.3, -0.25) is 14.5 Å². The summed E-state index contributed by atoms with van der Waals surface area (Å²) >= 11 is 5.87. The molecule has 2 fully saturated rings. The van der Waals surface area contributed by atoms with Gasteiger partial charge in [0.25, 0.3) is 5.91 Å². The first-order valence-electron chi connectivity index (χ1n) is 8.09. The molecule has 0 atom stereocenters. The fourth-order valence-electron chi connectivity index (χ4n) is 3.32. The van der Waals surface area contributed by atoms with Crippen LogP contribution in [0.3, 0.4) is 0 Å². The van der Waals surface area contributed by atoms with E-state index in [1.807, 2.05) is 0 Å². The normalized spacial score (nSPS) is 26.6. The molecule has 1 aliphatic carbocycles. The highest BCUT2D eigenvalue weighted by atomic mass is 35.5. The molecule has 1 heterocycles. The molecule has 1 aliphatic heterocycles. The molecule has 24 heavy (non-hydrogen) atoms. The lowest BCUT2D eigenvalue weighted by Gasteiger charge is -2.33. The Morgan fingerprint density at radius 1 is 1.38 bits per heavy atom. The van der Waals surface area contributed by atoms with Crippen LogP contribution < -0.4 is 10.6 Å². The van der Waals surface area contributed by atoms with Crippen LogP contribution >= 0.6 is 11.6 Å². The molecule has 2 aliphatic rings. The first kappa shape index (κ1) is 16.8. The third-order valence-corrected chi connectivity index (χ3v) is 5.02. The van der Waals surface area contributed by atoms with Gasteiger partial charge < -0.3 is 10.6 Å². The van der Waals surface area contributed by atoms with Crippen molar-refractivity contribution in [2.24, 2.45) is 5.92 Å². The molecule has 1 aromatic carbocycles. The summed E-state index contributed by atoms with van der Waals surface area (Å²) < 4.78 is 0. The van der Waals surface area contributed by atoms with E-state index >= 15 is 0 Å². The molecule has 1 spiro atoms. The Hall–Kier alpha value is -2.08. The average Bonchev–Trinajstić information content (AvgIpc) is 2.75. The fourth-order valence-corrected chi connectivity index (χ4v) is 3.51. The van der Waals surface area contributed by atoms with Crippen molar-refractivity contribution in [2.45, 2.75) is 38.1 Å². The molecule has 0 bridgehead atoms. The van der Waals surface area contributed by atoms with E-state index in [0.29, 0.717) is 29.5 Å². The third-order valence-electron chi connectivity index (χ3n) is 4.78. The van der Waals surface area contributed by atoms with Crippen LogP contribution in [0.5, 0.6) is 0 Å². The number of rotatable bonds is 3. The summed E-state index contributed by atoms with van der Waals surface area (Å²) in [6.45, 7) is 1.85. The van der Waals surface area contributed by atoms with Crippen LogP contribution in [0, 0.1) is 5.92 Å². The zero-order chi connectivity index (χ0) is 17.3. The average molecular weight is 350 g/mol. The molecule has 0 unspecified atom stereocenters. The maximum absolute atomic E-state index is 12.7. The van der Waals surface area contributed by atoms with E-state index in [-0.39, 0.29) is 12.5 Å². The first-order chi connectivity index (χ1) is 11.4. The zero-order valence-electron chi connectivity index (χ0n) is 13.5. The highest BCUT2D eigenvalue weighted by Crippen LogP contribution is 2.36. The Morgan fingerprint density at radius 2 is 2.08 bits per heavy atom. The van der Waals surface area contributed by atoms with Gasteiger partial charge >= 0.3 is 6.03 Å². The molecule has 128 valence electrons. The van der Waals surface area contributed by atoms with E-state index in [4.69, 9.17) is 11.6 Å². The van der Waals surface area contributed by atoms with Gasteiger partial charge in [-0.05, 0) is 49.8 Å². The Kier molecular flexibility index (Phi) is 4.49. The summed E-state index contributed by atoms with van der Waals surface area (Å²) in [6.07, 6.45) is 3.06. The summed E-state index contributed by atoms with van der Waals surface area (Å²) in [5.74, 6) is -0.164. The van der Waals surface area contributed by atoms with Crippen LogP contribution in [0.2, 0.25) is 5.02 Å². The fraction of sp³-hybridized carbons (Fsp3) is 0.471. The minimum Gasteiger partial charge on any atom is -0.324 e. The smallest absolute Gasteiger partial charge is 0.324 e. The van der Waals surface area contributed by atoms with E-state index in [1.165, 1.54) is 0 Å². The molecule has 3 rings (SSSR count). The second-order valence-corrected chi connectivity index (χ2v) is 7.08. The molecule has 1 aromatic rings. The zero-order valence-corrected chi connectivity index (χ0v) is 14.2. The van der Waals surface area contributed by atoms with E-state index in [0.717, 1.165) is 17.7 Å². The Labute approximate surface area is 145 Å². The lowest BCUT2D eigenvalue weighted by Crippen LogP contribution is -2.49. The number of amides is 4. The number of benzene rings is 1. The van der Waals surface area contributed by atoms with Gasteiger partial charge in [-0.1, -0.05) is 24.6 Å². The molecule has 0 radical (unpaired) electrons. The van der Waals surface area contributed by atoms with Gasteiger partial charge in [-0.15, -0.1) is 0 Å². The summed E-state index contributed by atoms with van der Waals surface area (Å²) in [6, 6.07) is 6.22. The number of anilines is 1. The largest absolute Gasteiger partial charge is 0.325 e. The van der Waals surface area contributed by atoms with Crippen molar-refractivity contribution in [1.82, 2.24) is 10.2 Å². The highest BCUT2D eigenvalue weighted by molar-refractivity contribution is 6.30. The quantitative estimate of drug-likeness (QED) is 0.823. The number of urea groups is 1. The SMILES string of the molecule is CC1CCC2(CC1)NC(=O)N(CC(=O)Nc1cccc(Cl)c1)C2=O. The van der Waals surface area contributed by atoms with E-state index in [9.17, 15) is 14.4 Å². The molecule has 4 amide bonds. The second-order valence-electron chi connectivity index (χ2n) is 6.64. The first-order valence-corrected chi connectivity index (χ1v) is 8.47. The van der Waals surface area contributed by atoms with E-state index in [1.54, 1.807) is 24.3 Å². The molecule has 1 saturated carbocycles. The Balaban J connectivity index is 1.65.